The van der Waals surface area contributed by atoms with Gasteiger partial charge in [0, 0.05) is 24.8 Å². The van der Waals surface area contributed by atoms with Gasteiger partial charge in [-0.3, -0.25) is 0 Å². The largest absolute Gasteiger partial charge is 0.371 e. The van der Waals surface area contributed by atoms with Crippen molar-refractivity contribution < 1.29 is 4.39 Å². The van der Waals surface area contributed by atoms with E-state index in [-0.39, 0.29) is 11.9 Å². The lowest BCUT2D eigenvalue weighted by molar-refractivity contribution is 0.263. The van der Waals surface area contributed by atoms with Gasteiger partial charge in [0.1, 0.15) is 5.82 Å². The lowest BCUT2D eigenvalue weighted by Crippen LogP contribution is -2.27. The van der Waals surface area contributed by atoms with E-state index >= 15 is 0 Å². The van der Waals surface area contributed by atoms with Crippen LogP contribution in [0.3, 0.4) is 0 Å². The normalized spacial score (nSPS) is 21.3. The predicted octanol–water partition coefficient (Wildman–Crippen LogP) is 3.59. The van der Waals surface area contributed by atoms with Crippen molar-refractivity contribution in [2.75, 3.05) is 18.0 Å². The van der Waals surface area contributed by atoms with Gasteiger partial charge in [-0.05, 0) is 54.9 Å². The summed E-state index contributed by atoms with van der Waals surface area (Å²) >= 11 is 0. The number of anilines is 1. The van der Waals surface area contributed by atoms with Crippen molar-refractivity contribution in [1.82, 2.24) is 0 Å². The average Bonchev–Trinajstić information content (AvgIpc) is 2.77. The summed E-state index contributed by atoms with van der Waals surface area (Å²) in [6.07, 6.45) is 1.93. The highest BCUT2D eigenvalue weighted by atomic mass is 19.1. The van der Waals surface area contributed by atoms with E-state index in [1.807, 2.05) is 13.0 Å². The van der Waals surface area contributed by atoms with Gasteiger partial charge in [-0.15, -0.1) is 0 Å². The second kappa shape index (κ2) is 5.72. The van der Waals surface area contributed by atoms with Crippen LogP contribution in [0.2, 0.25) is 0 Å². The Kier molecular flexibility index (Phi) is 4.38. The molecule has 0 radical (unpaired) electrons. The molecule has 0 aromatic heterocycles. The number of nitrogens with two attached hydrogens (primary N) is 1. The molecule has 20 heavy (non-hydrogen) atoms. The van der Waals surface area contributed by atoms with Crippen LogP contribution in [0.1, 0.15) is 39.7 Å². The smallest absolute Gasteiger partial charge is 0.123 e. The quantitative estimate of drug-likeness (QED) is 0.915. The second-order valence-corrected chi connectivity index (χ2v) is 7.25. The molecule has 0 amide bonds. The molecule has 2 nitrogen and oxygen atoms in total. The van der Waals surface area contributed by atoms with Crippen molar-refractivity contribution in [3.05, 3.63) is 29.6 Å². The third kappa shape index (κ3) is 3.51. The summed E-state index contributed by atoms with van der Waals surface area (Å²) in [6.45, 7) is 11.0. The lowest BCUT2D eigenvalue weighted by Gasteiger charge is -2.28. The number of hydrogen-bond donors (Lipinski definition) is 1. The number of rotatable bonds is 3. The second-order valence-electron chi connectivity index (χ2n) is 7.25. The van der Waals surface area contributed by atoms with Crippen LogP contribution >= 0.6 is 0 Å². The molecule has 2 unspecified atom stereocenters. The van der Waals surface area contributed by atoms with Crippen LogP contribution in [-0.4, -0.2) is 19.1 Å². The minimum absolute atomic E-state index is 0.0524. The highest BCUT2D eigenvalue weighted by Gasteiger charge is 2.32. The maximum Gasteiger partial charge on any atom is 0.123 e. The van der Waals surface area contributed by atoms with Crippen molar-refractivity contribution in [2.45, 2.75) is 46.6 Å². The summed E-state index contributed by atoms with van der Waals surface area (Å²) in [5.74, 6) is 0.520. The molecule has 1 saturated heterocycles. The first-order valence-electron chi connectivity index (χ1n) is 7.56. The standard InChI is InChI=1S/C17H27FN2/c1-12(19)9-13-10-15(18)5-6-16(13)20-8-7-14(11-20)17(2,3)4/h5-6,10,12,14H,7-9,11,19H2,1-4H3. The monoisotopic (exact) mass is 278 g/mol. The summed E-state index contributed by atoms with van der Waals surface area (Å²) in [6, 6.07) is 5.17. The van der Waals surface area contributed by atoms with E-state index < -0.39 is 0 Å². The fourth-order valence-electron chi connectivity index (χ4n) is 3.06. The number of halogens is 1. The molecule has 1 aliphatic rings. The fraction of sp³-hybridized carbons (Fsp3) is 0.647. The first-order valence-corrected chi connectivity index (χ1v) is 7.56. The van der Waals surface area contributed by atoms with Gasteiger partial charge in [-0.1, -0.05) is 20.8 Å². The van der Waals surface area contributed by atoms with E-state index in [9.17, 15) is 4.39 Å². The van der Waals surface area contributed by atoms with E-state index in [1.54, 1.807) is 12.1 Å². The summed E-state index contributed by atoms with van der Waals surface area (Å²) in [5, 5.41) is 0. The Morgan fingerprint density at radius 1 is 1.40 bits per heavy atom. The van der Waals surface area contributed by atoms with Gasteiger partial charge < -0.3 is 10.6 Å². The van der Waals surface area contributed by atoms with E-state index in [0.29, 0.717) is 11.3 Å². The molecule has 2 N–H and O–H groups in total. The van der Waals surface area contributed by atoms with Gasteiger partial charge in [-0.25, -0.2) is 4.39 Å². The van der Waals surface area contributed by atoms with Gasteiger partial charge >= 0.3 is 0 Å². The van der Waals surface area contributed by atoms with Gasteiger partial charge in [0.05, 0.1) is 0 Å². The molecule has 0 bridgehead atoms. The van der Waals surface area contributed by atoms with Gasteiger partial charge in [0.25, 0.3) is 0 Å². The minimum atomic E-state index is -0.170. The summed E-state index contributed by atoms with van der Waals surface area (Å²) in [7, 11) is 0. The van der Waals surface area contributed by atoms with Crippen LogP contribution in [0.15, 0.2) is 18.2 Å². The maximum absolute atomic E-state index is 13.5. The Morgan fingerprint density at radius 3 is 2.65 bits per heavy atom. The van der Waals surface area contributed by atoms with Gasteiger partial charge in [0.15, 0.2) is 0 Å². The summed E-state index contributed by atoms with van der Waals surface area (Å²) < 4.78 is 13.5. The topological polar surface area (TPSA) is 29.3 Å². The third-order valence-corrected chi connectivity index (χ3v) is 4.34. The fourth-order valence-corrected chi connectivity index (χ4v) is 3.06. The Balaban J connectivity index is 2.21. The Morgan fingerprint density at radius 2 is 2.10 bits per heavy atom. The highest BCUT2D eigenvalue weighted by Crippen LogP contribution is 2.36. The van der Waals surface area contributed by atoms with Gasteiger partial charge in [-0.2, -0.15) is 0 Å². The van der Waals surface area contributed by atoms with Crippen molar-refractivity contribution in [2.24, 2.45) is 17.1 Å². The Hall–Kier alpha value is -1.09. The molecule has 2 rings (SSSR count). The van der Waals surface area contributed by atoms with E-state index in [2.05, 4.69) is 25.7 Å². The first-order chi connectivity index (χ1) is 9.27. The molecule has 3 heteroatoms. The number of hydrogen-bond acceptors (Lipinski definition) is 2. The van der Waals surface area contributed by atoms with Crippen molar-refractivity contribution in [1.29, 1.82) is 0 Å². The molecule has 0 saturated carbocycles. The highest BCUT2D eigenvalue weighted by molar-refractivity contribution is 5.55. The molecule has 0 aliphatic carbocycles. The molecule has 1 aromatic rings. The van der Waals surface area contributed by atoms with E-state index in [1.165, 1.54) is 6.42 Å². The molecule has 0 spiro atoms. The Labute approximate surface area is 122 Å². The number of nitrogens with zero attached hydrogens (tertiary/aromatic N) is 1. The third-order valence-electron chi connectivity index (χ3n) is 4.34. The van der Waals surface area contributed by atoms with Crippen LogP contribution in [0.5, 0.6) is 0 Å². The zero-order chi connectivity index (χ0) is 14.9. The zero-order valence-electron chi connectivity index (χ0n) is 13.1. The first kappa shape index (κ1) is 15.3. The van der Waals surface area contributed by atoms with E-state index in [4.69, 9.17) is 5.73 Å². The molecule has 112 valence electrons. The summed E-state index contributed by atoms with van der Waals surface area (Å²) in [5.41, 5.74) is 8.43. The van der Waals surface area contributed by atoms with Crippen LogP contribution in [0.4, 0.5) is 10.1 Å². The molecular formula is C17H27FN2. The molecule has 2 atom stereocenters. The SMILES string of the molecule is CC(N)Cc1cc(F)ccc1N1CCC(C(C)(C)C)C1. The van der Waals surface area contributed by atoms with Gasteiger partial charge in [0.2, 0.25) is 0 Å². The molecule has 1 aliphatic heterocycles. The summed E-state index contributed by atoms with van der Waals surface area (Å²) in [4.78, 5) is 2.40. The minimum Gasteiger partial charge on any atom is -0.371 e. The van der Waals surface area contributed by atoms with Crippen molar-refractivity contribution in [3.8, 4) is 0 Å². The molecule has 1 heterocycles. The van der Waals surface area contributed by atoms with Crippen molar-refractivity contribution in [3.63, 3.8) is 0 Å². The molecule has 1 aromatic carbocycles. The van der Waals surface area contributed by atoms with E-state index in [0.717, 1.165) is 30.8 Å². The van der Waals surface area contributed by atoms with Crippen LogP contribution in [0.25, 0.3) is 0 Å². The molecule has 1 fully saturated rings. The molecular weight excluding hydrogens is 251 g/mol. The van der Waals surface area contributed by atoms with Crippen LogP contribution in [0, 0.1) is 17.2 Å². The van der Waals surface area contributed by atoms with Crippen LogP contribution in [-0.2, 0) is 6.42 Å². The average molecular weight is 278 g/mol. The number of benzene rings is 1. The van der Waals surface area contributed by atoms with Crippen molar-refractivity contribution >= 4 is 5.69 Å². The lowest BCUT2D eigenvalue weighted by atomic mass is 9.80. The maximum atomic E-state index is 13.5. The predicted molar refractivity (Wildman–Crippen MR) is 83.5 cm³/mol. The Bertz CT molecular complexity index is 463. The van der Waals surface area contributed by atoms with Crippen LogP contribution < -0.4 is 10.6 Å². The zero-order valence-corrected chi connectivity index (χ0v) is 13.1.